The predicted molar refractivity (Wildman–Crippen MR) is 102 cm³/mol. The number of aliphatic imine (C=N–C) groups is 1. The number of guanidine groups is 1. The first-order valence-electron chi connectivity index (χ1n) is 8.82. The molecule has 0 aliphatic heterocycles. The number of hydrogen-bond acceptors (Lipinski definition) is 3. The van der Waals surface area contributed by atoms with Gasteiger partial charge in [0.2, 0.25) is 0 Å². The van der Waals surface area contributed by atoms with Gasteiger partial charge >= 0.3 is 0 Å². The molecule has 0 amide bonds. The van der Waals surface area contributed by atoms with Crippen LogP contribution in [-0.4, -0.2) is 47.4 Å². The molecule has 0 aliphatic carbocycles. The van der Waals surface area contributed by atoms with Crippen molar-refractivity contribution in [2.24, 2.45) is 4.99 Å². The summed E-state index contributed by atoms with van der Waals surface area (Å²) in [6, 6.07) is 8.21. The van der Waals surface area contributed by atoms with Crippen LogP contribution in [0.2, 0.25) is 0 Å². The maximum absolute atomic E-state index is 5.49. The molecule has 2 aromatic rings. The zero-order valence-electron chi connectivity index (χ0n) is 15.7. The third-order valence-electron chi connectivity index (χ3n) is 3.70. The normalized spacial score (nSPS) is 11.4. The molecule has 136 valence electrons. The number of nitrogens with zero attached hydrogens (tertiary/aromatic N) is 4. The standard InChI is InChI=1S/C19H29N5O/c1-5-20-19(21-11-12-24-14-16(3)13-22-24)23(4)15-17-7-9-18(10-8-17)25-6-2/h7-10,13-14H,5-6,11-12,15H2,1-4H3,(H,20,21). The van der Waals surface area contributed by atoms with Crippen LogP contribution < -0.4 is 10.1 Å². The summed E-state index contributed by atoms with van der Waals surface area (Å²) in [7, 11) is 2.05. The van der Waals surface area contributed by atoms with Gasteiger partial charge in [0, 0.05) is 26.3 Å². The summed E-state index contributed by atoms with van der Waals surface area (Å²) in [5.41, 5.74) is 2.39. The number of aromatic nitrogens is 2. The fourth-order valence-corrected chi connectivity index (χ4v) is 2.52. The number of nitrogens with one attached hydrogen (secondary N) is 1. The molecule has 0 unspecified atom stereocenters. The van der Waals surface area contributed by atoms with Crippen molar-refractivity contribution in [1.82, 2.24) is 20.0 Å². The fraction of sp³-hybridized carbons (Fsp3) is 0.474. The van der Waals surface area contributed by atoms with Crippen LogP contribution in [-0.2, 0) is 13.1 Å². The van der Waals surface area contributed by atoms with Gasteiger partial charge in [0.15, 0.2) is 5.96 Å². The molecule has 1 heterocycles. The quantitative estimate of drug-likeness (QED) is 0.591. The molecule has 0 fully saturated rings. The average molecular weight is 343 g/mol. The second-order valence-electron chi connectivity index (χ2n) is 5.95. The van der Waals surface area contributed by atoms with Crippen molar-refractivity contribution in [3.63, 3.8) is 0 Å². The fourth-order valence-electron chi connectivity index (χ4n) is 2.52. The molecule has 0 saturated heterocycles. The summed E-state index contributed by atoms with van der Waals surface area (Å²) in [6.07, 6.45) is 3.90. The van der Waals surface area contributed by atoms with Crippen molar-refractivity contribution in [3.8, 4) is 5.75 Å². The molecule has 0 bridgehead atoms. The van der Waals surface area contributed by atoms with Gasteiger partial charge in [-0.1, -0.05) is 12.1 Å². The van der Waals surface area contributed by atoms with Gasteiger partial charge in [0.1, 0.15) is 5.75 Å². The van der Waals surface area contributed by atoms with E-state index in [0.717, 1.165) is 31.3 Å². The SMILES string of the molecule is CCNC(=NCCn1cc(C)cn1)N(C)Cc1ccc(OCC)cc1. The van der Waals surface area contributed by atoms with Gasteiger partial charge in [-0.25, -0.2) is 0 Å². The van der Waals surface area contributed by atoms with E-state index < -0.39 is 0 Å². The van der Waals surface area contributed by atoms with E-state index in [9.17, 15) is 0 Å². The molecule has 0 saturated carbocycles. The average Bonchev–Trinajstić information content (AvgIpc) is 3.01. The molecular formula is C19H29N5O. The molecule has 6 nitrogen and oxygen atoms in total. The minimum atomic E-state index is 0.687. The molecule has 25 heavy (non-hydrogen) atoms. The Kier molecular flexibility index (Phi) is 7.32. The Balaban J connectivity index is 1.93. The van der Waals surface area contributed by atoms with Crippen LogP contribution in [0.15, 0.2) is 41.7 Å². The Morgan fingerprint density at radius 2 is 2.04 bits per heavy atom. The van der Waals surface area contributed by atoms with E-state index in [1.165, 1.54) is 11.1 Å². The topological polar surface area (TPSA) is 54.7 Å². The largest absolute Gasteiger partial charge is 0.494 e. The van der Waals surface area contributed by atoms with E-state index in [1.807, 2.05) is 43.1 Å². The highest BCUT2D eigenvalue weighted by Crippen LogP contribution is 2.13. The van der Waals surface area contributed by atoms with Gasteiger partial charge in [0.05, 0.1) is 25.9 Å². The van der Waals surface area contributed by atoms with Crippen LogP contribution in [0.5, 0.6) is 5.75 Å². The molecule has 1 aromatic heterocycles. The molecule has 1 N–H and O–H groups in total. The summed E-state index contributed by atoms with van der Waals surface area (Å²) in [4.78, 5) is 6.84. The summed E-state index contributed by atoms with van der Waals surface area (Å²) < 4.78 is 7.42. The minimum Gasteiger partial charge on any atom is -0.494 e. The van der Waals surface area contributed by atoms with Crippen molar-refractivity contribution in [2.75, 3.05) is 26.7 Å². The summed E-state index contributed by atoms with van der Waals surface area (Å²) in [5.74, 6) is 1.81. The zero-order valence-corrected chi connectivity index (χ0v) is 15.7. The van der Waals surface area contributed by atoms with E-state index in [4.69, 9.17) is 9.73 Å². The van der Waals surface area contributed by atoms with Gasteiger partial charge in [-0.2, -0.15) is 5.10 Å². The van der Waals surface area contributed by atoms with Crippen molar-refractivity contribution >= 4 is 5.96 Å². The van der Waals surface area contributed by atoms with Crippen molar-refractivity contribution < 1.29 is 4.74 Å². The number of aryl methyl sites for hydroxylation is 1. The molecule has 1 aromatic carbocycles. The molecule has 0 atom stereocenters. The highest BCUT2D eigenvalue weighted by molar-refractivity contribution is 5.79. The molecule has 6 heteroatoms. The second-order valence-corrected chi connectivity index (χ2v) is 5.95. The van der Waals surface area contributed by atoms with Gasteiger partial charge in [-0.3, -0.25) is 9.67 Å². The smallest absolute Gasteiger partial charge is 0.194 e. The second kappa shape index (κ2) is 9.71. The maximum atomic E-state index is 5.49. The lowest BCUT2D eigenvalue weighted by Gasteiger charge is -2.22. The first-order valence-corrected chi connectivity index (χ1v) is 8.82. The Morgan fingerprint density at radius 1 is 1.28 bits per heavy atom. The van der Waals surface area contributed by atoms with E-state index >= 15 is 0 Å². The van der Waals surface area contributed by atoms with Gasteiger partial charge < -0.3 is 15.0 Å². The molecule has 0 aliphatic rings. The Bertz CT molecular complexity index is 663. The lowest BCUT2D eigenvalue weighted by atomic mass is 10.2. The Morgan fingerprint density at radius 3 is 2.64 bits per heavy atom. The van der Waals surface area contributed by atoms with E-state index in [-0.39, 0.29) is 0 Å². The van der Waals surface area contributed by atoms with Crippen LogP contribution in [0.1, 0.15) is 25.0 Å². The molecule has 0 spiro atoms. The van der Waals surface area contributed by atoms with Gasteiger partial charge in [-0.05, 0) is 44.0 Å². The maximum Gasteiger partial charge on any atom is 0.194 e. The van der Waals surface area contributed by atoms with Crippen LogP contribution in [0.25, 0.3) is 0 Å². The van der Waals surface area contributed by atoms with Crippen LogP contribution in [0, 0.1) is 6.92 Å². The molecule has 2 rings (SSSR count). The number of hydrogen-bond donors (Lipinski definition) is 1. The van der Waals surface area contributed by atoms with Crippen LogP contribution in [0.4, 0.5) is 0 Å². The summed E-state index contributed by atoms with van der Waals surface area (Å²) >= 11 is 0. The third-order valence-corrected chi connectivity index (χ3v) is 3.70. The van der Waals surface area contributed by atoms with Crippen LogP contribution >= 0.6 is 0 Å². The predicted octanol–water partition coefficient (Wildman–Crippen LogP) is 2.69. The highest BCUT2D eigenvalue weighted by Gasteiger charge is 2.07. The first kappa shape index (κ1) is 18.8. The Labute approximate surface area is 150 Å². The zero-order chi connectivity index (χ0) is 18.1. The van der Waals surface area contributed by atoms with Crippen molar-refractivity contribution in [1.29, 1.82) is 0 Å². The number of rotatable bonds is 8. The highest BCUT2D eigenvalue weighted by atomic mass is 16.5. The third kappa shape index (κ3) is 6.14. The van der Waals surface area contributed by atoms with Crippen LogP contribution in [0.3, 0.4) is 0 Å². The van der Waals surface area contributed by atoms with E-state index in [2.05, 4.69) is 41.4 Å². The molecule has 0 radical (unpaired) electrons. The van der Waals surface area contributed by atoms with Gasteiger partial charge in [0.25, 0.3) is 0 Å². The summed E-state index contributed by atoms with van der Waals surface area (Å²) in [5, 5.41) is 7.64. The summed E-state index contributed by atoms with van der Waals surface area (Å²) in [6.45, 7) is 9.90. The van der Waals surface area contributed by atoms with E-state index in [0.29, 0.717) is 13.2 Å². The Hall–Kier alpha value is -2.50. The monoisotopic (exact) mass is 343 g/mol. The van der Waals surface area contributed by atoms with E-state index in [1.54, 1.807) is 0 Å². The van der Waals surface area contributed by atoms with Gasteiger partial charge in [-0.15, -0.1) is 0 Å². The first-order chi connectivity index (χ1) is 12.1. The number of benzene rings is 1. The lowest BCUT2D eigenvalue weighted by molar-refractivity contribution is 0.340. The lowest BCUT2D eigenvalue weighted by Crippen LogP contribution is -2.38. The number of ether oxygens (including phenoxy) is 1. The van der Waals surface area contributed by atoms with Crippen molar-refractivity contribution in [3.05, 3.63) is 47.8 Å². The van der Waals surface area contributed by atoms with Crippen molar-refractivity contribution in [2.45, 2.75) is 33.9 Å². The molecular weight excluding hydrogens is 314 g/mol. The minimum absolute atomic E-state index is 0.687.